The van der Waals surface area contributed by atoms with Crippen LogP contribution in [0, 0.1) is 0 Å². The summed E-state index contributed by atoms with van der Waals surface area (Å²) in [5, 5.41) is 8.27. The number of halogens is 1. The molecular formula is C26H25FN2. The second-order valence-electron chi connectivity index (χ2n) is 6.86. The van der Waals surface area contributed by atoms with Crippen molar-refractivity contribution >= 4 is 12.4 Å². The summed E-state index contributed by atoms with van der Waals surface area (Å²) in [6, 6.07) is 23.9. The highest BCUT2D eigenvalue weighted by Crippen LogP contribution is 2.20. The van der Waals surface area contributed by atoms with E-state index in [2.05, 4.69) is 41.0 Å². The van der Waals surface area contributed by atoms with Crippen molar-refractivity contribution in [3.05, 3.63) is 108 Å². The summed E-state index contributed by atoms with van der Waals surface area (Å²) in [7, 11) is 0. The molecule has 3 aromatic rings. The van der Waals surface area contributed by atoms with Crippen LogP contribution in [0.2, 0.25) is 0 Å². The first-order valence-corrected chi connectivity index (χ1v) is 9.80. The molecule has 0 aliphatic rings. The third-order valence-corrected chi connectivity index (χ3v) is 4.69. The molecule has 29 heavy (non-hydrogen) atoms. The first-order valence-electron chi connectivity index (χ1n) is 9.80. The molecule has 0 fully saturated rings. The number of rotatable bonds is 9. The number of alkyl halides is 1. The smallest absolute Gasteiger partial charge is 0.115 e. The fourth-order valence-electron chi connectivity index (χ4n) is 2.97. The number of hydrogen-bond acceptors (Lipinski definition) is 2. The number of aryl methyl sites for hydroxylation is 1. The van der Waals surface area contributed by atoms with Crippen LogP contribution in [0.5, 0.6) is 0 Å². The Balaban J connectivity index is 1.55. The van der Waals surface area contributed by atoms with E-state index in [4.69, 9.17) is 0 Å². The third kappa shape index (κ3) is 6.35. The van der Waals surface area contributed by atoms with Gasteiger partial charge in [-0.25, -0.2) is 4.39 Å². The van der Waals surface area contributed by atoms with Crippen molar-refractivity contribution in [1.82, 2.24) is 0 Å². The van der Waals surface area contributed by atoms with Crippen molar-refractivity contribution in [2.24, 2.45) is 10.2 Å². The monoisotopic (exact) mass is 384 g/mol. The quantitative estimate of drug-likeness (QED) is 0.168. The van der Waals surface area contributed by atoms with Crippen LogP contribution in [0.25, 0.3) is 11.1 Å². The molecule has 0 aromatic heterocycles. The molecular weight excluding hydrogens is 359 g/mol. The van der Waals surface area contributed by atoms with Gasteiger partial charge in [0.2, 0.25) is 0 Å². The van der Waals surface area contributed by atoms with Crippen molar-refractivity contribution in [2.45, 2.75) is 25.9 Å². The van der Waals surface area contributed by atoms with Gasteiger partial charge < -0.3 is 0 Å². The van der Waals surface area contributed by atoms with E-state index in [-0.39, 0.29) is 0 Å². The predicted molar refractivity (Wildman–Crippen MR) is 121 cm³/mol. The van der Waals surface area contributed by atoms with E-state index in [1.54, 1.807) is 12.4 Å². The normalized spacial score (nSPS) is 11.3. The fourth-order valence-corrected chi connectivity index (χ4v) is 2.97. The number of unbranched alkanes of at least 4 members (excludes halogenated alkanes) is 1. The first-order chi connectivity index (χ1) is 14.3. The Morgan fingerprint density at radius 2 is 1.17 bits per heavy atom. The SMILES string of the molecule is C=CCCCc1ccc(/C=N/N=C/c2ccc(-c3ccc(CF)cc3)cc2)cc1. The van der Waals surface area contributed by atoms with Gasteiger partial charge in [0.25, 0.3) is 0 Å². The molecule has 0 radical (unpaired) electrons. The van der Waals surface area contributed by atoms with Crippen molar-refractivity contribution in [2.75, 3.05) is 0 Å². The molecule has 3 rings (SSSR count). The van der Waals surface area contributed by atoms with E-state index in [1.165, 1.54) is 5.56 Å². The Labute approximate surface area is 172 Å². The molecule has 3 heteroatoms. The molecule has 0 saturated carbocycles. The Hall–Kier alpha value is -3.33. The molecule has 2 nitrogen and oxygen atoms in total. The molecule has 3 aromatic carbocycles. The van der Waals surface area contributed by atoms with Crippen molar-refractivity contribution in [3.63, 3.8) is 0 Å². The molecule has 0 unspecified atom stereocenters. The summed E-state index contributed by atoms with van der Waals surface area (Å²) in [4.78, 5) is 0. The fraction of sp³-hybridized carbons (Fsp3) is 0.154. The molecule has 0 N–H and O–H groups in total. The van der Waals surface area contributed by atoms with Crippen LogP contribution < -0.4 is 0 Å². The predicted octanol–water partition coefficient (Wildman–Crippen LogP) is 6.78. The van der Waals surface area contributed by atoms with Crippen LogP contribution in [0.3, 0.4) is 0 Å². The van der Waals surface area contributed by atoms with Crippen LogP contribution >= 0.6 is 0 Å². The van der Waals surface area contributed by atoms with Gasteiger partial charge in [0.1, 0.15) is 6.67 Å². The average Bonchev–Trinajstić information content (AvgIpc) is 2.78. The van der Waals surface area contributed by atoms with Crippen molar-refractivity contribution in [3.8, 4) is 11.1 Å². The molecule has 0 spiro atoms. The van der Waals surface area contributed by atoms with E-state index < -0.39 is 6.67 Å². The van der Waals surface area contributed by atoms with Gasteiger partial charge in [0.15, 0.2) is 0 Å². The van der Waals surface area contributed by atoms with Gasteiger partial charge in [-0.1, -0.05) is 78.9 Å². The van der Waals surface area contributed by atoms with Crippen LogP contribution in [-0.2, 0) is 13.1 Å². The van der Waals surface area contributed by atoms with Crippen LogP contribution in [0.1, 0.15) is 35.1 Å². The Morgan fingerprint density at radius 1 is 0.690 bits per heavy atom. The lowest BCUT2D eigenvalue weighted by Gasteiger charge is -2.03. The Kier molecular flexibility index (Phi) is 7.64. The maximum atomic E-state index is 12.6. The summed E-state index contributed by atoms with van der Waals surface area (Å²) in [5.41, 5.74) is 6.18. The topological polar surface area (TPSA) is 24.7 Å². The summed E-state index contributed by atoms with van der Waals surface area (Å²) in [5.74, 6) is 0. The molecule has 0 atom stereocenters. The van der Waals surface area contributed by atoms with Gasteiger partial charge in [0, 0.05) is 0 Å². The lowest BCUT2D eigenvalue weighted by Crippen LogP contribution is -1.87. The molecule has 0 amide bonds. The summed E-state index contributed by atoms with van der Waals surface area (Å²) in [6.45, 7) is 3.32. The van der Waals surface area contributed by atoms with Gasteiger partial charge in [-0.15, -0.1) is 6.58 Å². The summed E-state index contributed by atoms with van der Waals surface area (Å²) < 4.78 is 12.6. The van der Waals surface area contributed by atoms with Crippen molar-refractivity contribution in [1.29, 1.82) is 0 Å². The number of nitrogens with zero attached hydrogens (tertiary/aromatic N) is 2. The minimum atomic E-state index is -0.434. The van der Waals surface area contributed by atoms with Crippen LogP contribution in [0.4, 0.5) is 4.39 Å². The third-order valence-electron chi connectivity index (χ3n) is 4.69. The number of allylic oxidation sites excluding steroid dienone is 1. The minimum absolute atomic E-state index is 0.434. The largest absolute Gasteiger partial charge is 0.246 e. The van der Waals surface area contributed by atoms with E-state index in [0.29, 0.717) is 5.56 Å². The lowest BCUT2D eigenvalue weighted by molar-refractivity contribution is 0.485. The van der Waals surface area contributed by atoms with Gasteiger partial charge in [-0.3, -0.25) is 0 Å². The van der Waals surface area contributed by atoms with E-state index >= 15 is 0 Å². The van der Waals surface area contributed by atoms with Crippen molar-refractivity contribution < 1.29 is 4.39 Å². The van der Waals surface area contributed by atoms with Gasteiger partial charge in [0.05, 0.1) is 12.4 Å². The summed E-state index contributed by atoms with van der Waals surface area (Å²) in [6.07, 6.45) is 8.68. The molecule has 0 aliphatic heterocycles. The average molecular weight is 384 g/mol. The molecule has 146 valence electrons. The minimum Gasteiger partial charge on any atom is -0.246 e. The maximum Gasteiger partial charge on any atom is 0.115 e. The van der Waals surface area contributed by atoms with Gasteiger partial charge in [-0.2, -0.15) is 10.2 Å². The second kappa shape index (κ2) is 10.9. The highest BCUT2D eigenvalue weighted by atomic mass is 19.1. The Morgan fingerprint density at radius 3 is 1.69 bits per heavy atom. The molecule has 0 aliphatic carbocycles. The summed E-state index contributed by atoms with van der Waals surface area (Å²) >= 11 is 0. The standard InChI is InChI=1S/C26H25FN2/c1-2-3-4-5-21-6-8-23(9-7-21)19-28-29-20-24-12-16-26(17-13-24)25-14-10-22(18-27)11-15-25/h2,6-17,19-20H,1,3-5,18H2/b28-19+,29-20+. The van der Waals surface area contributed by atoms with Gasteiger partial charge >= 0.3 is 0 Å². The Bertz CT molecular complexity index is 953. The van der Waals surface area contributed by atoms with E-state index in [0.717, 1.165) is 41.5 Å². The number of benzene rings is 3. The number of hydrogen-bond donors (Lipinski definition) is 0. The second-order valence-corrected chi connectivity index (χ2v) is 6.86. The lowest BCUT2D eigenvalue weighted by atomic mass is 10.0. The molecule has 0 heterocycles. The zero-order valence-electron chi connectivity index (χ0n) is 16.5. The zero-order chi connectivity index (χ0) is 20.3. The molecule has 0 saturated heterocycles. The maximum absolute atomic E-state index is 12.6. The van der Waals surface area contributed by atoms with Crippen LogP contribution in [0.15, 0.2) is 95.7 Å². The van der Waals surface area contributed by atoms with Crippen LogP contribution in [-0.4, -0.2) is 12.4 Å². The van der Waals surface area contributed by atoms with E-state index in [1.807, 2.05) is 54.6 Å². The van der Waals surface area contributed by atoms with E-state index in [9.17, 15) is 4.39 Å². The zero-order valence-corrected chi connectivity index (χ0v) is 16.5. The molecule has 0 bridgehead atoms. The first kappa shape index (κ1) is 20.4. The highest BCUT2D eigenvalue weighted by Gasteiger charge is 1.98. The van der Waals surface area contributed by atoms with Gasteiger partial charge in [-0.05, 0) is 52.6 Å². The highest BCUT2D eigenvalue weighted by molar-refractivity contribution is 5.83.